The Morgan fingerprint density at radius 1 is 1.70 bits per heavy atom. The van der Waals surface area contributed by atoms with Crippen molar-refractivity contribution >= 4 is 8.69 Å². The molecular formula is C5H12NaO3P. The van der Waals surface area contributed by atoms with Crippen LogP contribution in [0.5, 0.6) is 0 Å². The summed E-state index contributed by atoms with van der Waals surface area (Å²) >= 11 is 0. The van der Waals surface area contributed by atoms with E-state index in [0.29, 0.717) is 6.61 Å². The van der Waals surface area contributed by atoms with E-state index in [-0.39, 0.29) is 46.0 Å². The van der Waals surface area contributed by atoms with Gasteiger partial charge in [-0.2, -0.15) is 0 Å². The maximum absolute atomic E-state index is 9.77. The second kappa shape index (κ2) is 10.0. The molecule has 0 aromatic rings. The Hall–Kier alpha value is 1.02. The Morgan fingerprint density at radius 2 is 2.30 bits per heavy atom. The van der Waals surface area contributed by atoms with Crippen LogP contribution < -0.4 is 29.6 Å². The maximum atomic E-state index is 9.77. The molecule has 56 valence electrons. The zero-order valence-corrected chi connectivity index (χ0v) is 9.56. The van der Waals surface area contributed by atoms with Gasteiger partial charge in [0.25, 0.3) is 0 Å². The first kappa shape index (κ1) is 13.6. The van der Waals surface area contributed by atoms with Crippen molar-refractivity contribution in [2.45, 2.75) is 26.6 Å². The fraction of sp³-hybridized carbons (Fsp3) is 1.00. The average Bonchev–Trinajstić information content (AvgIpc) is 1.85. The van der Waals surface area contributed by atoms with Gasteiger partial charge in [0.2, 0.25) is 0 Å². The largest absolute Gasteiger partial charge is 1.00 e. The third kappa shape index (κ3) is 9.02. The van der Waals surface area contributed by atoms with Gasteiger partial charge in [-0.25, -0.2) is 4.57 Å². The van der Waals surface area contributed by atoms with E-state index >= 15 is 0 Å². The SMILES string of the molecule is CCCOC(C)OP=O.[H-].[Na+]. The van der Waals surface area contributed by atoms with Gasteiger partial charge >= 0.3 is 38.2 Å². The van der Waals surface area contributed by atoms with Crippen LogP contribution in [0.15, 0.2) is 0 Å². The Bertz CT molecular complexity index is 86.1. The minimum absolute atomic E-state index is 0. The summed E-state index contributed by atoms with van der Waals surface area (Å²) in [4.78, 5) is 0. The Labute approximate surface area is 86.5 Å². The summed E-state index contributed by atoms with van der Waals surface area (Å²) < 4.78 is 19.3. The van der Waals surface area contributed by atoms with E-state index in [1.807, 2.05) is 6.92 Å². The van der Waals surface area contributed by atoms with E-state index in [0.717, 1.165) is 6.42 Å². The molecule has 1 atom stereocenters. The third-order valence-electron chi connectivity index (χ3n) is 0.748. The Kier molecular flexibility index (Phi) is 13.6. The van der Waals surface area contributed by atoms with Crippen LogP contribution in [0.1, 0.15) is 21.7 Å². The molecule has 0 aromatic heterocycles. The van der Waals surface area contributed by atoms with Crippen LogP contribution >= 0.6 is 8.69 Å². The van der Waals surface area contributed by atoms with Crippen LogP contribution in [0.2, 0.25) is 0 Å². The number of hydrogen-bond acceptors (Lipinski definition) is 3. The molecule has 1 unspecified atom stereocenters. The summed E-state index contributed by atoms with van der Waals surface area (Å²) in [6.07, 6.45) is 0.591. The molecule has 0 spiro atoms. The predicted octanol–water partition coefficient (Wildman–Crippen LogP) is -0.901. The van der Waals surface area contributed by atoms with Gasteiger partial charge in [0.1, 0.15) is 0 Å². The minimum Gasteiger partial charge on any atom is -1.00 e. The molecule has 0 aliphatic heterocycles. The first-order valence-corrected chi connectivity index (χ1v) is 3.64. The zero-order chi connectivity index (χ0) is 7.11. The first-order chi connectivity index (χ1) is 4.31. The van der Waals surface area contributed by atoms with E-state index in [4.69, 9.17) is 4.74 Å². The van der Waals surface area contributed by atoms with Crippen molar-refractivity contribution in [3.63, 3.8) is 0 Å². The quantitative estimate of drug-likeness (QED) is 0.308. The van der Waals surface area contributed by atoms with Gasteiger partial charge in [-0.05, 0) is 13.3 Å². The summed E-state index contributed by atoms with van der Waals surface area (Å²) in [5.74, 6) is 0. The molecule has 0 aliphatic rings. The van der Waals surface area contributed by atoms with Gasteiger partial charge in [0.15, 0.2) is 6.29 Å². The van der Waals surface area contributed by atoms with Crippen LogP contribution in [-0.4, -0.2) is 12.9 Å². The predicted molar refractivity (Wildman–Crippen MR) is 35.5 cm³/mol. The minimum atomic E-state index is -0.357. The molecule has 0 N–H and O–H groups in total. The van der Waals surface area contributed by atoms with Crippen molar-refractivity contribution in [2.24, 2.45) is 0 Å². The van der Waals surface area contributed by atoms with Gasteiger partial charge in [0.05, 0.1) is 0 Å². The van der Waals surface area contributed by atoms with Gasteiger partial charge in [-0.1, -0.05) is 6.92 Å². The van der Waals surface area contributed by atoms with Crippen LogP contribution in [0.25, 0.3) is 0 Å². The van der Waals surface area contributed by atoms with E-state index in [1.165, 1.54) is 0 Å². The first-order valence-electron chi connectivity index (χ1n) is 2.91. The van der Waals surface area contributed by atoms with Gasteiger partial charge in [-0.15, -0.1) is 0 Å². The summed E-state index contributed by atoms with van der Waals surface area (Å²) in [5, 5.41) is 0. The van der Waals surface area contributed by atoms with E-state index in [1.54, 1.807) is 6.92 Å². The van der Waals surface area contributed by atoms with Crippen molar-refractivity contribution in [2.75, 3.05) is 6.61 Å². The topological polar surface area (TPSA) is 35.5 Å². The van der Waals surface area contributed by atoms with Crippen LogP contribution in [0.4, 0.5) is 0 Å². The smallest absolute Gasteiger partial charge is 1.00 e. The summed E-state index contributed by atoms with van der Waals surface area (Å²) in [6.45, 7) is 4.36. The standard InChI is InChI=1S/C5H11O3P.Na.H/c1-3-4-7-5(2)8-9-6;;/h5H,3-4H2,1-2H3;;/q;+1;-1. The second-order valence-corrected chi connectivity index (χ2v) is 1.98. The molecule has 0 saturated heterocycles. The summed E-state index contributed by atoms with van der Waals surface area (Å²) in [5.41, 5.74) is 0. The molecule has 0 aliphatic carbocycles. The Balaban J connectivity index is -0.000000320. The molecule has 0 rings (SSSR count). The van der Waals surface area contributed by atoms with Crippen molar-refractivity contribution < 1.29 is 44.8 Å². The van der Waals surface area contributed by atoms with E-state index in [9.17, 15) is 4.57 Å². The van der Waals surface area contributed by atoms with Crippen LogP contribution in [0, 0.1) is 0 Å². The summed E-state index contributed by atoms with van der Waals surface area (Å²) in [7, 11) is -0.320. The van der Waals surface area contributed by atoms with Crippen molar-refractivity contribution in [3.05, 3.63) is 0 Å². The molecule has 0 radical (unpaired) electrons. The van der Waals surface area contributed by atoms with Crippen molar-refractivity contribution in [3.8, 4) is 0 Å². The molecule has 0 amide bonds. The molecule has 0 saturated carbocycles. The second-order valence-electron chi connectivity index (χ2n) is 1.62. The normalized spacial score (nSPS) is 12.6. The Morgan fingerprint density at radius 3 is 2.70 bits per heavy atom. The monoisotopic (exact) mass is 174 g/mol. The van der Waals surface area contributed by atoms with Gasteiger partial charge < -0.3 is 6.16 Å². The number of rotatable bonds is 5. The van der Waals surface area contributed by atoms with Gasteiger partial charge in [-0.3, -0.25) is 4.52 Å². The van der Waals surface area contributed by atoms with E-state index < -0.39 is 0 Å². The molecule has 0 aromatic carbocycles. The fourth-order valence-electron chi connectivity index (χ4n) is 0.375. The molecule has 3 nitrogen and oxygen atoms in total. The number of hydrogen-bond donors (Lipinski definition) is 0. The van der Waals surface area contributed by atoms with Crippen LogP contribution in [0.3, 0.4) is 0 Å². The van der Waals surface area contributed by atoms with Crippen LogP contribution in [-0.2, 0) is 13.8 Å². The fourth-order valence-corrected chi connectivity index (χ4v) is 0.557. The maximum Gasteiger partial charge on any atom is 1.00 e. The average molecular weight is 174 g/mol. The van der Waals surface area contributed by atoms with E-state index in [2.05, 4.69) is 4.52 Å². The molecule has 0 bridgehead atoms. The van der Waals surface area contributed by atoms with Crippen molar-refractivity contribution in [1.82, 2.24) is 0 Å². The van der Waals surface area contributed by atoms with Crippen molar-refractivity contribution in [1.29, 1.82) is 0 Å². The third-order valence-corrected chi connectivity index (χ3v) is 1.13. The number of ether oxygens (including phenoxy) is 1. The molecule has 5 heteroatoms. The zero-order valence-electron chi connectivity index (χ0n) is 7.66. The summed E-state index contributed by atoms with van der Waals surface area (Å²) in [6, 6.07) is 0. The van der Waals surface area contributed by atoms with Gasteiger partial charge in [0, 0.05) is 6.61 Å². The molecular weight excluding hydrogens is 162 g/mol. The molecule has 10 heavy (non-hydrogen) atoms. The molecule has 0 fully saturated rings. The molecule has 0 heterocycles.